The van der Waals surface area contributed by atoms with E-state index in [1.165, 1.54) is 6.07 Å². The van der Waals surface area contributed by atoms with Crippen LogP contribution in [-0.4, -0.2) is 18.3 Å². The van der Waals surface area contributed by atoms with Crippen LogP contribution in [0.25, 0.3) is 0 Å². The molecule has 90 valence electrons. The van der Waals surface area contributed by atoms with E-state index < -0.39 is 0 Å². The maximum absolute atomic E-state index is 12.9. The minimum absolute atomic E-state index is 0.0834. The number of rotatable bonds is 5. The molecular weight excluding hydrogens is 275 g/mol. The lowest BCUT2D eigenvalue weighted by Gasteiger charge is -2.21. The molecule has 0 bridgehead atoms. The zero-order valence-corrected chi connectivity index (χ0v) is 11.1. The van der Waals surface area contributed by atoms with E-state index in [2.05, 4.69) is 15.9 Å². The van der Waals surface area contributed by atoms with Crippen molar-refractivity contribution in [3.8, 4) is 0 Å². The van der Waals surface area contributed by atoms with Crippen LogP contribution in [0.3, 0.4) is 0 Å². The Labute approximate surface area is 104 Å². The highest BCUT2D eigenvalue weighted by molar-refractivity contribution is 9.10. The van der Waals surface area contributed by atoms with Gasteiger partial charge < -0.3 is 9.84 Å². The first-order valence-electron chi connectivity index (χ1n) is 5.07. The molecule has 0 amide bonds. The summed E-state index contributed by atoms with van der Waals surface area (Å²) in [6.07, 6.45) is 0. The maximum Gasteiger partial charge on any atom is 0.137 e. The van der Waals surface area contributed by atoms with Gasteiger partial charge in [0, 0.05) is 5.41 Å². The molecule has 0 saturated carbocycles. The molecule has 16 heavy (non-hydrogen) atoms. The van der Waals surface area contributed by atoms with E-state index in [-0.39, 0.29) is 17.8 Å². The number of aliphatic hydroxyl groups excluding tert-OH is 1. The highest BCUT2D eigenvalue weighted by Gasteiger charge is 2.16. The van der Waals surface area contributed by atoms with Crippen molar-refractivity contribution in [2.75, 3.05) is 13.2 Å². The fourth-order valence-electron chi connectivity index (χ4n) is 1.12. The van der Waals surface area contributed by atoms with Gasteiger partial charge in [-0.25, -0.2) is 4.39 Å². The van der Waals surface area contributed by atoms with E-state index in [0.29, 0.717) is 17.7 Å². The lowest BCUT2D eigenvalue weighted by atomic mass is 9.97. The van der Waals surface area contributed by atoms with E-state index in [9.17, 15) is 4.39 Å². The number of ether oxygens (including phenoxy) is 1. The third-order valence-corrected chi connectivity index (χ3v) is 2.78. The van der Waals surface area contributed by atoms with Gasteiger partial charge in [0.1, 0.15) is 5.82 Å². The van der Waals surface area contributed by atoms with Crippen LogP contribution in [0.5, 0.6) is 0 Å². The van der Waals surface area contributed by atoms with Gasteiger partial charge in [-0.15, -0.1) is 0 Å². The predicted octanol–water partition coefficient (Wildman–Crippen LogP) is 3.12. The molecule has 0 fully saturated rings. The van der Waals surface area contributed by atoms with Crippen LogP contribution >= 0.6 is 15.9 Å². The lowest BCUT2D eigenvalue weighted by molar-refractivity contribution is 0.0197. The molecule has 0 aliphatic rings. The average Bonchev–Trinajstić information content (AvgIpc) is 2.23. The van der Waals surface area contributed by atoms with Crippen molar-refractivity contribution in [2.45, 2.75) is 20.5 Å². The molecule has 1 aromatic rings. The van der Waals surface area contributed by atoms with E-state index >= 15 is 0 Å². The number of halogens is 2. The van der Waals surface area contributed by atoms with Crippen molar-refractivity contribution in [1.29, 1.82) is 0 Å². The third-order valence-electron chi connectivity index (χ3n) is 2.17. The van der Waals surface area contributed by atoms with Crippen molar-refractivity contribution in [1.82, 2.24) is 0 Å². The zero-order valence-electron chi connectivity index (χ0n) is 9.46. The molecule has 0 radical (unpaired) electrons. The van der Waals surface area contributed by atoms with Gasteiger partial charge in [-0.2, -0.15) is 0 Å². The van der Waals surface area contributed by atoms with E-state index in [0.717, 1.165) is 5.56 Å². The van der Waals surface area contributed by atoms with Gasteiger partial charge in [-0.05, 0) is 33.6 Å². The molecule has 0 unspecified atom stereocenters. The molecule has 0 atom stereocenters. The molecule has 1 rings (SSSR count). The maximum atomic E-state index is 12.9. The van der Waals surface area contributed by atoms with Crippen molar-refractivity contribution in [2.24, 2.45) is 5.41 Å². The van der Waals surface area contributed by atoms with Gasteiger partial charge in [0.2, 0.25) is 0 Å². The Kier molecular flexibility index (Phi) is 4.89. The Morgan fingerprint density at radius 2 is 2.12 bits per heavy atom. The first-order chi connectivity index (χ1) is 7.44. The first-order valence-corrected chi connectivity index (χ1v) is 5.86. The van der Waals surface area contributed by atoms with Gasteiger partial charge in [0.15, 0.2) is 0 Å². The van der Waals surface area contributed by atoms with Crippen LogP contribution in [0.4, 0.5) is 4.39 Å². The summed E-state index contributed by atoms with van der Waals surface area (Å²) in [6, 6.07) is 4.79. The van der Waals surface area contributed by atoms with Crippen LogP contribution in [-0.2, 0) is 11.3 Å². The van der Waals surface area contributed by atoms with E-state index in [1.54, 1.807) is 12.1 Å². The molecule has 0 aliphatic carbocycles. The Hall–Kier alpha value is -0.450. The monoisotopic (exact) mass is 290 g/mol. The zero-order chi connectivity index (χ0) is 12.2. The summed E-state index contributed by atoms with van der Waals surface area (Å²) in [7, 11) is 0. The Balaban J connectivity index is 2.46. The predicted molar refractivity (Wildman–Crippen MR) is 64.6 cm³/mol. The summed E-state index contributed by atoms with van der Waals surface area (Å²) < 4.78 is 18.9. The topological polar surface area (TPSA) is 29.5 Å². The molecule has 0 heterocycles. The molecule has 0 aliphatic heterocycles. The Morgan fingerprint density at radius 1 is 1.44 bits per heavy atom. The number of benzene rings is 1. The average molecular weight is 291 g/mol. The van der Waals surface area contributed by atoms with Gasteiger partial charge in [-0.3, -0.25) is 0 Å². The van der Waals surface area contributed by atoms with Crippen molar-refractivity contribution < 1.29 is 14.2 Å². The summed E-state index contributed by atoms with van der Waals surface area (Å²) in [4.78, 5) is 0. The van der Waals surface area contributed by atoms with Crippen molar-refractivity contribution >= 4 is 15.9 Å². The van der Waals surface area contributed by atoms with Crippen LogP contribution in [0.2, 0.25) is 0 Å². The molecule has 0 aromatic heterocycles. The summed E-state index contributed by atoms with van der Waals surface area (Å²) in [6.45, 7) is 4.82. The molecular formula is C12H16BrFO2. The second-order valence-electron chi connectivity index (χ2n) is 4.56. The third kappa shape index (κ3) is 4.20. The highest BCUT2D eigenvalue weighted by atomic mass is 79.9. The van der Waals surface area contributed by atoms with Gasteiger partial charge in [0.05, 0.1) is 24.3 Å². The summed E-state index contributed by atoms with van der Waals surface area (Å²) in [5.74, 6) is -0.278. The Morgan fingerprint density at radius 3 is 2.69 bits per heavy atom. The van der Waals surface area contributed by atoms with E-state index in [4.69, 9.17) is 9.84 Å². The first kappa shape index (κ1) is 13.6. The van der Waals surface area contributed by atoms with Gasteiger partial charge >= 0.3 is 0 Å². The quantitative estimate of drug-likeness (QED) is 0.903. The highest BCUT2D eigenvalue weighted by Crippen LogP contribution is 2.19. The molecule has 2 nitrogen and oxygen atoms in total. The minimum atomic E-state index is -0.278. The van der Waals surface area contributed by atoms with Gasteiger partial charge in [0.25, 0.3) is 0 Å². The summed E-state index contributed by atoms with van der Waals surface area (Å²) >= 11 is 3.12. The molecule has 0 spiro atoms. The number of hydrogen-bond donors (Lipinski definition) is 1. The Bertz CT molecular complexity index is 353. The largest absolute Gasteiger partial charge is 0.396 e. The van der Waals surface area contributed by atoms with Crippen LogP contribution < -0.4 is 0 Å². The van der Waals surface area contributed by atoms with Crippen LogP contribution in [0.15, 0.2) is 22.7 Å². The SMILES string of the molecule is CC(C)(CO)COCc1ccc(F)c(Br)c1. The molecule has 0 saturated heterocycles. The van der Waals surface area contributed by atoms with Gasteiger partial charge in [-0.1, -0.05) is 19.9 Å². The smallest absolute Gasteiger partial charge is 0.137 e. The van der Waals surface area contributed by atoms with Crippen LogP contribution in [0.1, 0.15) is 19.4 Å². The van der Waals surface area contributed by atoms with Crippen LogP contribution in [0, 0.1) is 11.2 Å². The minimum Gasteiger partial charge on any atom is -0.396 e. The molecule has 1 N–H and O–H groups in total. The number of hydrogen-bond acceptors (Lipinski definition) is 2. The second-order valence-corrected chi connectivity index (χ2v) is 5.42. The summed E-state index contributed by atoms with van der Waals surface area (Å²) in [5.41, 5.74) is 0.666. The fraction of sp³-hybridized carbons (Fsp3) is 0.500. The van der Waals surface area contributed by atoms with Crippen molar-refractivity contribution in [3.05, 3.63) is 34.1 Å². The molecule has 1 aromatic carbocycles. The standard InChI is InChI=1S/C12H16BrFO2/c1-12(2,7-15)8-16-6-9-3-4-11(14)10(13)5-9/h3-5,15H,6-8H2,1-2H3. The van der Waals surface area contributed by atoms with Crippen molar-refractivity contribution in [3.63, 3.8) is 0 Å². The lowest BCUT2D eigenvalue weighted by Crippen LogP contribution is -2.23. The normalized spacial score (nSPS) is 11.8. The molecule has 4 heteroatoms. The second kappa shape index (κ2) is 5.75. The fourth-order valence-corrected chi connectivity index (χ4v) is 1.55. The van der Waals surface area contributed by atoms with E-state index in [1.807, 2.05) is 13.8 Å². The summed E-state index contributed by atoms with van der Waals surface area (Å²) in [5, 5.41) is 9.03. The number of aliphatic hydroxyl groups is 1.